The third kappa shape index (κ3) is 8.49. The first-order chi connectivity index (χ1) is 25.1. The highest BCUT2D eigenvalue weighted by Gasteiger charge is 2.50. The van der Waals surface area contributed by atoms with Crippen LogP contribution in [0.4, 0.5) is 5.82 Å². The monoisotopic (exact) mass is 731 g/mol. The molecular formula is C37H42N5O9P. The van der Waals surface area contributed by atoms with Crippen molar-refractivity contribution in [1.82, 2.24) is 14.6 Å². The minimum absolute atomic E-state index is 0.111. The van der Waals surface area contributed by atoms with Crippen molar-refractivity contribution >= 4 is 20.3 Å². The zero-order chi connectivity index (χ0) is 37.3. The lowest BCUT2D eigenvalue weighted by Crippen LogP contribution is -2.41. The van der Waals surface area contributed by atoms with E-state index in [-0.39, 0.29) is 31.3 Å². The molecule has 2 heterocycles. The smallest absolute Gasteiger partial charge is 0.351 e. The predicted octanol–water partition coefficient (Wildman–Crippen LogP) is 4.56. The van der Waals surface area contributed by atoms with E-state index in [1.807, 2.05) is 84.9 Å². The summed E-state index contributed by atoms with van der Waals surface area (Å²) in [5.74, 6) is 1.08. The molecule has 1 unspecified atom stereocenters. The summed E-state index contributed by atoms with van der Waals surface area (Å²) in [5, 5.41) is 14.4. The highest BCUT2D eigenvalue weighted by atomic mass is 31.2. The first-order valence-electron chi connectivity index (χ1n) is 16.5. The lowest BCUT2D eigenvalue weighted by Gasteiger charge is -2.37. The van der Waals surface area contributed by atoms with Crippen molar-refractivity contribution in [2.75, 3.05) is 39.8 Å². The van der Waals surface area contributed by atoms with Gasteiger partial charge in [-0.1, -0.05) is 54.6 Å². The molecule has 3 aromatic carbocycles. The first-order valence-corrected chi connectivity index (χ1v) is 17.7. The summed E-state index contributed by atoms with van der Waals surface area (Å²) in [6.07, 6.45) is -2.20. The van der Waals surface area contributed by atoms with Gasteiger partial charge in [-0.3, -0.25) is 9.36 Å². The highest BCUT2D eigenvalue weighted by molar-refractivity contribution is 7.43. The van der Waals surface area contributed by atoms with E-state index in [2.05, 4.69) is 15.4 Å². The number of aryl methyl sites for hydroxylation is 1. The molecule has 0 saturated carbocycles. The fraction of sp³-hybridized carbons (Fsp3) is 0.351. The van der Waals surface area contributed by atoms with Crippen LogP contribution < -0.4 is 25.6 Å². The topological polar surface area (TPSA) is 175 Å². The van der Waals surface area contributed by atoms with Crippen molar-refractivity contribution in [3.63, 3.8) is 0 Å². The van der Waals surface area contributed by atoms with Crippen LogP contribution in [0.5, 0.6) is 11.5 Å². The molecule has 274 valence electrons. The molecule has 5 atom stereocenters. The fourth-order valence-corrected chi connectivity index (χ4v) is 6.99. The van der Waals surface area contributed by atoms with Crippen molar-refractivity contribution in [2.24, 2.45) is 0 Å². The number of hydrogen-bond donors (Lipinski definition) is 3. The quantitative estimate of drug-likeness (QED) is 0.0834. The van der Waals surface area contributed by atoms with E-state index in [9.17, 15) is 14.5 Å². The van der Waals surface area contributed by atoms with Gasteiger partial charge < -0.3 is 38.4 Å². The second-order valence-electron chi connectivity index (χ2n) is 11.9. The molecule has 0 bridgehead atoms. The van der Waals surface area contributed by atoms with Crippen LogP contribution in [0, 0.1) is 18.3 Å². The molecule has 1 saturated heterocycles. The Morgan fingerprint density at radius 3 is 2.12 bits per heavy atom. The molecule has 1 aliphatic heterocycles. The van der Waals surface area contributed by atoms with E-state index in [1.54, 1.807) is 21.1 Å². The van der Waals surface area contributed by atoms with E-state index in [0.29, 0.717) is 17.1 Å². The fourth-order valence-electron chi connectivity index (χ4n) is 6.13. The predicted molar refractivity (Wildman–Crippen MR) is 193 cm³/mol. The third-order valence-corrected chi connectivity index (χ3v) is 9.54. The van der Waals surface area contributed by atoms with Gasteiger partial charge in [-0.05, 0) is 47.9 Å². The number of amides is 1. The van der Waals surface area contributed by atoms with Gasteiger partial charge in [-0.15, -0.1) is 0 Å². The van der Waals surface area contributed by atoms with Gasteiger partial charge in [0.25, 0.3) is 8.53 Å². The summed E-state index contributed by atoms with van der Waals surface area (Å²) in [6.45, 7) is 3.10. The standard InChI is InChI=1S/C37H42N5O9P/c1-24-22-42(36(44)41-34(24)40-25(2)43)35-33(48-5)32(51-52(45)39-21-9-20-38)31(50-35)23-49-37(26-10-7-6-8-11-26,27-12-16-29(46-3)17-13-27)28-14-18-30(47-4)19-15-28/h6-8,10-19,22,31-33,35,39,45H,9,21,23H2,1-5H3,(H,40,41,43,44)/t31-,32-,33-,35-,52?/m1/s1. The number of nitrogens with one attached hydrogen (secondary N) is 2. The number of ether oxygens (including phenoxy) is 5. The van der Waals surface area contributed by atoms with Gasteiger partial charge in [0.05, 0.1) is 26.9 Å². The number of nitrogens with zero attached hydrogens (tertiary/aromatic N) is 3. The summed E-state index contributed by atoms with van der Waals surface area (Å²) in [6, 6.07) is 26.9. The Morgan fingerprint density at radius 1 is 0.981 bits per heavy atom. The molecule has 1 amide bonds. The minimum Gasteiger partial charge on any atom is -0.497 e. The number of aromatic nitrogens is 2. The molecule has 52 heavy (non-hydrogen) atoms. The zero-order valence-electron chi connectivity index (χ0n) is 29.5. The van der Waals surface area contributed by atoms with E-state index in [1.165, 1.54) is 24.8 Å². The van der Waals surface area contributed by atoms with E-state index < -0.39 is 44.4 Å². The molecule has 4 aromatic rings. The van der Waals surface area contributed by atoms with Crippen LogP contribution in [0.2, 0.25) is 0 Å². The van der Waals surface area contributed by atoms with Gasteiger partial charge in [-0.25, -0.2) is 9.88 Å². The lowest BCUT2D eigenvalue weighted by molar-refractivity contribution is -0.114. The van der Waals surface area contributed by atoms with Crippen LogP contribution in [-0.4, -0.2) is 73.1 Å². The molecule has 14 nitrogen and oxygen atoms in total. The van der Waals surface area contributed by atoms with Gasteiger partial charge in [0, 0.05) is 38.8 Å². The number of anilines is 1. The maximum Gasteiger partial charge on any atom is 0.351 e. The largest absolute Gasteiger partial charge is 0.497 e. The zero-order valence-corrected chi connectivity index (χ0v) is 30.4. The van der Waals surface area contributed by atoms with Gasteiger partial charge >= 0.3 is 5.69 Å². The molecule has 15 heteroatoms. The number of carbonyl (C=O) groups excluding carboxylic acids is 1. The molecule has 0 radical (unpaired) electrons. The summed E-state index contributed by atoms with van der Waals surface area (Å²) < 4.78 is 37.9. The van der Waals surface area contributed by atoms with Crippen LogP contribution in [0.3, 0.4) is 0 Å². The molecule has 3 N–H and O–H groups in total. The Morgan fingerprint density at radius 2 is 1.58 bits per heavy atom. The lowest BCUT2D eigenvalue weighted by atomic mass is 9.80. The maximum absolute atomic E-state index is 13.4. The summed E-state index contributed by atoms with van der Waals surface area (Å²) in [4.78, 5) is 40.1. The number of rotatable bonds is 16. The summed E-state index contributed by atoms with van der Waals surface area (Å²) >= 11 is 0. The molecule has 1 aliphatic rings. The maximum atomic E-state index is 13.4. The normalized spacial score (nSPS) is 19.1. The molecule has 1 fully saturated rings. The van der Waals surface area contributed by atoms with Gasteiger partial charge in [0.15, 0.2) is 6.23 Å². The number of carbonyl (C=O) groups is 1. The first kappa shape index (κ1) is 38.5. The molecule has 5 rings (SSSR count). The third-order valence-electron chi connectivity index (χ3n) is 8.60. The van der Waals surface area contributed by atoms with Crippen LogP contribution in [0.15, 0.2) is 89.9 Å². The molecule has 0 spiro atoms. The Labute approximate surface area is 303 Å². The number of nitriles is 1. The number of hydrogen-bond acceptors (Lipinski definition) is 12. The second-order valence-corrected chi connectivity index (χ2v) is 13.0. The van der Waals surface area contributed by atoms with Gasteiger partial charge in [-0.2, -0.15) is 10.2 Å². The number of methoxy groups -OCH3 is 3. The van der Waals surface area contributed by atoms with Crippen LogP contribution >= 0.6 is 8.53 Å². The molecule has 0 aliphatic carbocycles. The second kappa shape index (κ2) is 17.7. The van der Waals surface area contributed by atoms with Crippen molar-refractivity contribution < 1.29 is 37.9 Å². The average Bonchev–Trinajstić information content (AvgIpc) is 3.50. The van der Waals surface area contributed by atoms with Crippen LogP contribution in [0.1, 0.15) is 41.8 Å². The Bertz CT molecular complexity index is 1840. The van der Waals surface area contributed by atoms with Crippen molar-refractivity contribution in [2.45, 2.75) is 50.4 Å². The Kier molecular flexibility index (Phi) is 13.1. The van der Waals surface area contributed by atoms with Gasteiger partial charge in [0.1, 0.15) is 41.2 Å². The summed E-state index contributed by atoms with van der Waals surface area (Å²) in [7, 11) is 2.39. The number of benzene rings is 3. The van der Waals surface area contributed by atoms with E-state index in [4.69, 9.17) is 33.5 Å². The van der Waals surface area contributed by atoms with Gasteiger partial charge in [0.2, 0.25) is 5.91 Å². The SMILES string of the molecule is COc1ccc(C(OC[C@H]2O[C@@H](n3cc(C)c(NC(C)=O)nc3=O)[C@H](OC)[C@@H]2OP(O)NCCC#N)(c2ccccc2)c2ccc(OC)cc2)cc1. The Hall–Kier alpha value is -4.71. The molecular weight excluding hydrogens is 689 g/mol. The highest BCUT2D eigenvalue weighted by Crippen LogP contribution is 2.45. The summed E-state index contributed by atoms with van der Waals surface area (Å²) in [5.41, 5.74) is 0.982. The minimum atomic E-state index is -2.26. The van der Waals surface area contributed by atoms with Crippen molar-refractivity contribution in [1.29, 1.82) is 5.26 Å². The van der Waals surface area contributed by atoms with Crippen molar-refractivity contribution in [3.8, 4) is 17.6 Å². The van der Waals surface area contributed by atoms with Crippen LogP contribution in [-0.2, 0) is 29.1 Å². The van der Waals surface area contributed by atoms with E-state index >= 15 is 0 Å². The Balaban J connectivity index is 1.59. The van der Waals surface area contributed by atoms with E-state index in [0.717, 1.165) is 16.7 Å². The van der Waals surface area contributed by atoms with Crippen molar-refractivity contribution in [3.05, 3.63) is 118 Å². The average molecular weight is 732 g/mol. The molecule has 1 aromatic heterocycles. The van der Waals surface area contributed by atoms with Crippen LogP contribution in [0.25, 0.3) is 0 Å².